The number of aromatic amines is 1. The van der Waals surface area contributed by atoms with Gasteiger partial charge in [-0.2, -0.15) is 0 Å². The molecule has 1 heterocycles. The van der Waals surface area contributed by atoms with Crippen LogP contribution in [-0.2, 0) is 0 Å². The lowest BCUT2D eigenvalue weighted by molar-refractivity contribution is 0.00221. The number of hydrogen-bond acceptors (Lipinski definition) is 4. The number of halogens is 1. The Morgan fingerprint density at radius 3 is 2.89 bits per heavy atom. The number of anilines is 1. The van der Waals surface area contributed by atoms with Gasteiger partial charge in [0.15, 0.2) is 0 Å². The number of aromatic nitrogens is 2. The second-order valence-electron chi connectivity index (χ2n) is 5.32. The molecule has 0 atom stereocenters. The van der Waals surface area contributed by atoms with Crippen molar-refractivity contribution in [3.05, 3.63) is 21.2 Å². The summed E-state index contributed by atoms with van der Waals surface area (Å²) in [4.78, 5) is 18.0. The summed E-state index contributed by atoms with van der Waals surface area (Å²) in [5.41, 5.74) is -0.908. The molecule has 19 heavy (non-hydrogen) atoms. The summed E-state index contributed by atoms with van der Waals surface area (Å²) in [7, 11) is 0. The van der Waals surface area contributed by atoms with E-state index in [1.807, 2.05) is 0 Å². The van der Waals surface area contributed by atoms with E-state index in [0.717, 1.165) is 31.6 Å². The molecule has 0 amide bonds. The molecule has 0 aromatic carbocycles. The second-order valence-corrected chi connectivity index (χ2v) is 6.12. The molecule has 0 saturated heterocycles. The van der Waals surface area contributed by atoms with Crippen LogP contribution in [0.5, 0.6) is 0 Å². The Balaban J connectivity index is 1.95. The van der Waals surface area contributed by atoms with Crippen LogP contribution in [0.2, 0.25) is 0 Å². The largest absolute Gasteiger partial charge is 0.388 e. The lowest BCUT2D eigenvalue weighted by Crippen LogP contribution is -2.40. The van der Waals surface area contributed by atoms with E-state index < -0.39 is 5.60 Å². The van der Waals surface area contributed by atoms with E-state index in [1.165, 1.54) is 12.7 Å². The summed E-state index contributed by atoms with van der Waals surface area (Å²) in [6.07, 6.45) is 6.29. The van der Waals surface area contributed by atoms with Crippen LogP contribution in [0.4, 0.5) is 5.82 Å². The van der Waals surface area contributed by atoms with Gasteiger partial charge in [0.1, 0.15) is 10.3 Å². The molecule has 5 nitrogen and oxygen atoms in total. The summed E-state index contributed by atoms with van der Waals surface area (Å²) in [6, 6.07) is 0. The summed E-state index contributed by atoms with van der Waals surface area (Å²) in [6.45, 7) is 2.63. The van der Waals surface area contributed by atoms with Gasteiger partial charge in [-0.25, -0.2) is 4.98 Å². The van der Waals surface area contributed by atoms with Gasteiger partial charge in [0.2, 0.25) is 0 Å². The quantitative estimate of drug-likeness (QED) is 0.791. The molecule has 1 aromatic heterocycles. The van der Waals surface area contributed by atoms with Crippen LogP contribution >= 0.6 is 15.9 Å². The number of nitrogens with one attached hydrogen (secondary N) is 2. The molecule has 2 rings (SSSR count). The molecular weight excluding hydrogens is 310 g/mol. The summed E-state index contributed by atoms with van der Waals surface area (Å²) in [5, 5.41) is 13.6. The highest BCUT2D eigenvalue weighted by molar-refractivity contribution is 9.10. The van der Waals surface area contributed by atoms with Crippen LogP contribution in [-0.4, -0.2) is 27.2 Å². The Bertz CT molecular complexity index is 481. The van der Waals surface area contributed by atoms with Crippen molar-refractivity contribution in [3.8, 4) is 0 Å². The van der Waals surface area contributed by atoms with E-state index in [1.54, 1.807) is 0 Å². The SMILES string of the molecule is CCC1CCC(O)(CNc2nc[nH]c(=O)c2Br)CC1. The Kier molecular flexibility index (Phi) is 4.62. The van der Waals surface area contributed by atoms with Crippen molar-refractivity contribution >= 4 is 21.7 Å². The van der Waals surface area contributed by atoms with Crippen LogP contribution < -0.4 is 10.9 Å². The Morgan fingerprint density at radius 2 is 2.26 bits per heavy atom. The molecule has 0 bridgehead atoms. The number of H-pyrrole nitrogens is 1. The maximum Gasteiger partial charge on any atom is 0.267 e. The predicted molar refractivity (Wildman–Crippen MR) is 78.2 cm³/mol. The number of rotatable bonds is 4. The van der Waals surface area contributed by atoms with Crippen molar-refractivity contribution in [2.75, 3.05) is 11.9 Å². The molecule has 1 aromatic rings. The fourth-order valence-corrected chi connectivity index (χ4v) is 2.91. The number of aliphatic hydroxyl groups is 1. The zero-order valence-corrected chi connectivity index (χ0v) is 12.7. The minimum absolute atomic E-state index is 0.223. The van der Waals surface area contributed by atoms with Crippen LogP contribution in [0.25, 0.3) is 0 Å². The van der Waals surface area contributed by atoms with E-state index in [4.69, 9.17) is 0 Å². The Morgan fingerprint density at radius 1 is 1.58 bits per heavy atom. The van der Waals surface area contributed by atoms with Crippen LogP contribution in [0.1, 0.15) is 39.0 Å². The Hall–Kier alpha value is -0.880. The van der Waals surface area contributed by atoms with E-state index >= 15 is 0 Å². The molecule has 1 fully saturated rings. The van der Waals surface area contributed by atoms with Gasteiger partial charge in [0, 0.05) is 6.54 Å². The summed E-state index contributed by atoms with van der Waals surface area (Å²) >= 11 is 3.19. The molecule has 6 heteroatoms. The van der Waals surface area contributed by atoms with Gasteiger partial charge < -0.3 is 15.4 Å². The minimum atomic E-state index is -0.685. The molecule has 1 saturated carbocycles. The first-order valence-corrected chi connectivity index (χ1v) is 7.53. The van der Waals surface area contributed by atoms with Gasteiger partial charge in [-0.1, -0.05) is 13.3 Å². The third kappa shape index (κ3) is 3.57. The van der Waals surface area contributed by atoms with Gasteiger partial charge in [-0.15, -0.1) is 0 Å². The van der Waals surface area contributed by atoms with E-state index in [9.17, 15) is 9.90 Å². The summed E-state index contributed by atoms with van der Waals surface area (Å²) < 4.78 is 0.376. The lowest BCUT2D eigenvalue weighted by Gasteiger charge is -2.36. The first-order valence-electron chi connectivity index (χ1n) is 6.73. The fourth-order valence-electron chi connectivity index (χ4n) is 2.55. The van der Waals surface area contributed by atoms with Gasteiger partial charge in [0.25, 0.3) is 5.56 Å². The lowest BCUT2D eigenvalue weighted by atomic mass is 9.78. The minimum Gasteiger partial charge on any atom is -0.388 e. The van der Waals surface area contributed by atoms with Crippen LogP contribution in [0.15, 0.2) is 15.6 Å². The van der Waals surface area contributed by atoms with Crippen LogP contribution in [0, 0.1) is 5.92 Å². The van der Waals surface area contributed by atoms with Crippen molar-refractivity contribution < 1.29 is 5.11 Å². The van der Waals surface area contributed by atoms with Crippen LogP contribution in [0.3, 0.4) is 0 Å². The molecule has 0 radical (unpaired) electrons. The van der Waals surface area contributed by atoms with Gasteiger partial charge in [-0.05, 0) is 47.5 Å². The van der Waals surface area contributed by atoms with Crippen molar-refractivity contribution in [2.45, 2.75) is 44.6 Å². The zero-order chi connectivity index (χ0) is 13.9. The van der Waals surface area contributed by atoms with Crippen molar-refractivity contribution in [1.29, 1.82) is 0 Å². The van der Waals surface area contributed by atoms with E-state index in [-0.39, 0.29) is 5.56 Å². The van der Waals surface area contributed by atoms with Crippen molar-refractivity contribution in [2.24, 2.45) is 5.92 Å². The molecule has 1 aliphatic rings. The number of nitrogens with zero attached hydrogens (tertiary/aromatic N) is 1. The predicted octanol–water partition coefficient (Wildman–Crippen LogP) is 2.28. The fraction of sp³-hybridized carbons (Fsp3) is 0.692. The highest BCUT2D eigenvalue weighted by Gasteiger charge is 2.32. The topological polar surface area (TPSA) is 78.0 Å². The molecule has 106 valence electrons. The standard InChI is InChI=1S/C13H20BrN3O2/c1-2-9-3-5-13(19,6-4-9)7-15-11-10(14)12(18)17-8-16-11/h8-9,19H,2-7H2,1H3,(H2,15,16,17,18). The summed E-state index contributed by atoms with van der Waals surface area (Å²) in [5.74, 6) is 1.22. The van der Waals surface area contributed by atoms with Crippen molar-refractivity contribution in [1.82, 2.24) is 9.97 Å². The average Bonchev–Trinajstić information content (AvgIpc) is 2.41. The van der Waals surface area contributed by atoms with Crippen molar-refractivity contribution in [3.63, 3.8) is 0 Å². The smallest absolute Gasteiger partial charge is 0.267 e. The van der Waals surface area contributed by atoms with E-state index in [0.29, 0.717) is 16.8 Å². The maximum atomic E-state index is 11.4. The normalized spacial score (nSPS) is 27.2. The molecule has 0 unspecified atom stereocenters. The molecule has 3 N–H and O–H groups in total. The highest BCUT2D eigenvalue weighted by atomic mass is 79.9. The molecule has 0 spiro atoms. The zero-order valence-electron chi connectivity index (χ0n) is 11.1. The first-order chi connectivity index (χ1) is 9.04. The highest BCUT2D eigenvalue weighted by Crippen LogP contribution is 2.33. The average molecular weight is 330 g/mol. The number of hydrogen-bond donors (Lipinski definition) is 3. The van der Waals surface area contributed by atoms with E-state index in [2.05, 4.69) is 38.1 Å². The maximum absolute atomic E-state index is 11.4. The Labute approximate surface area is 121 Å². The monoisotopic (exact) mass is 329 g/mol. The van der Waals surface area contributed by atoms with Gasteiger partial charge in [0.05, 0.1) is 11.9 Å². The van der Waals surface area contributed by atoms with Gasteiger partial charge >= 0.3 is 0 Å². The second kappa shape index (κ2) is 6.05. The third-order valence-corrected chi connectivity index (χ3v) is 4.73. The molecule has 1 aliphatic carbocycles. The first kappa shape index (κ1) is 14.5. The molecule has 0 aliphatic heterocycles. The molecular formula is C13H20BrN3O2. The third-order valence-electron chi connectivity index (χ3n) is 3.99. The van der Waals surface area contributed by atoms with Gasteiger partial charge in [-0.3, -0.25) is 4.79 Å².